The van der Waals surface area contributed by atoms with Gasteiger partial charge in [-0.15, -0.1) is 0 Å². The third-order valence-corrected chi connectivity index (χ3v) is 10.7. The van der Waals surface area contributed by atoms with E-state index < -0.39 is 20.7 Å². The molecule has 0 spiro atoms. The maximum atomic E-state index is 12.5. The van der Waals surface area contributed by atoms with Gasteiger partial charge in [0.2, 0.25) is 5.88 Å². The molecule has 10 nitrogen and oxygen atoms in total. The Morgan fingerprint density at radius 3 is 2.56 bits per heavy atom. The number of sulfone groups is 1. The fourth-order valence-electron chi connectivity index (χ4n) is 5.30. The number of nitrogens with zero attached hydrogens (tertiary/aromatic N) is 3. The molecule has 0 radical (unpaired) electrons. The van der Waals surface area contributed by atoms with Crippen molar-refractivity contribution in [2.24, 2.45) is 11.7 Å². The van der Waals surface area contributed by atoms with Crippen molar-refractivity contribution in [2.75, 3.05) is 11.1 Å². The predicted molar refractivity (Wildman–Crippen MR) is 158 cm³/mol. The van der Waals surface area contributed by atoms with E-state index in [2.05, 4.69) is 15.3 Å². The van der Waals surface area contributed by atoms with Crippen LogP contribution in [0.2, 0.25) is 0 Å². The summed E-state index contributed by atoms with van der Waals surface area (Å²) in [5.41, 5.74) is 8.03. The number of fused-ring (bicyclic) bond motifs is 2. The van der Waals surface area contributed by atoms with E-state index in [4.69, 9.17) is 20.2 Å². The van der Waals surface area contributed by atoms with Gasteiger partial charge in [0, 0.05) is 36.5 Å². The molecule has 0 unspecified atom stereocenters. The third kappa shape index (κ3) is 5.88. The summed E-state index contributed by atoms with van der Waals surface area (Å²) in [4.78, 5) is 26.5. The lowest BCUT2D eigenvalue weighted by molar-refractivity contribution is -0.0189. The number of hydrogen-bond donors (Lipinski definition) is 2. The standard InChI is InChI=1S/C30H39N5O5S/c1-7-41(37,38)17(3)12-16(2)39-28-23-15-32-25(13-21(23)22(14-33-28)26(31)19-8-9-19)34-24-11-10-20-27(35-24)18(4)30(5,6)40-29(20)36/h10-11,13-19,26H,7-9,12,31H2,1-6H3,(H,32,34,35)/t16-,17-,18-,26+/m1/s1. The van der Waals surface area contributed by atoms with Crippen LogP contribution in [0.1, 0.15) is 94.4 Å². The summed E-state index contributed by atoms with van der Waals surface area (Å²) < 4.78 is 36.4. The Morgan fingerprint density at radius 2 is 1.88 bits per heavy atom. The molecule has 1 fully saturated rings. The Bertz CT molecular complexity index is 1590. The monoisotopic (exact) mass is 581 g/mol. The van der Waals surface area contributed by atoms with Crippen molar-refractivity contribution in [1.82, 2.24) is 15.0 Å². The van der Waals surface area contributed by atoms with E-state index in [0.29, 0.717) is 46.5 Å². The van der Waals surface area contributed by atoms with Crippen LogP contribution in [0.4, 0.5) is 11.6 Å². The lowest BCUT2D eigenvalue weighted by Crippen LogP contribution is -2.39. The highest BCUT2D eigenvalue weighted by Crippen LogP contribution is 2.43. The van der Waals surface area contributed by atoms with Crippen molar-refractivity contribution in [2.45, 2.75) is 89.7 Å². The van der Waals surface area contributed by atoms with Crippen molar-refractivity contribution in [3.8, 4) is 5.88 Å². The Balaban J connectivity index is 1.47. The zero-order valence-electron chi connectivity index (χ0n) is 24.5. The third-order valence-electron chi connectivity index (χ3n) is 8.46. The molecule has 0 saturated heterocycles. The number of cyclic esters (lactones) is 1. The van der Waals surface area contributed by atoms with E-state index in [0.717, 1.165) is 23.8 Å². The van der Waals surface area contributed by atoms with Crippen LogP contribution in [0, 0.1) is 5.92 Å². The highest BCUT2D eigenvalue weighted by molar-refractivity contribution is 7.91. The first-order valence-corrected chi connectivity index (χ1v) is 16.0. The number of esters is 1. The number of nitrogens with one attached hydrogen (secondary N) is 1. The lowest BCUT2D eigenvalue weighted by atomic mass is 9.84. The van der Waals surface area contributed by atoms with E-state index in [1.54, 1.807) is 38.4 Å². The number of aromatic nitrogens is 3. The molecule has 0 amide bonds. The minimum atomic E-state index is -3.17. The molecular formula is C30H39N5O5S. The summed E-state index contributed by atoms with van der Waals surface area (Å²) in [6.45, 7) is 11.0. The SMILES string of the molecule is CCS(=O)(=O)[C@H](C)C[C@@H](C)Oc1ncc([C@@H](N)C2CC2)c2cc(Nc3ccc4c(n3)[C@@H](C)C(C)(C)OC4=O)ncc12. The van der Waals surface area contributed by atoms with Crippen LogP contribution in [-0.4, -0.2) is 52.0 Å². The highest BCUT2D eigenvalue weighted by atomic mass is 32.2. The maximum Gasteiger partial charge on any atom is 0.340 e. The Morgan fingerprint density at radius 1 is 1.15 bits per heavy atom. The zero-order valence-corrected chi connectivity index (χ0v) is 25.3. The van der Waals surface area contributed by atoms with Gasteiger partial charge in [-0.25, -0.2) is 28.2 Å². The van der Waals surface area contributed by atoms with Crippen LogP contribution >= 0.6 is 0 Å². The molecule has 1 aliphatic carbocycles. The van der Waals surface area contributed by atoms with E-state index in [1.807, 2.05) is 33.8 Å². The van der Waals surface area contributed by atoms with Crippen molar-refractivity contribution in [3.63, 3.8) is 0 Å². The second-order valence-corrected chi connectivity index (χ2v) is 14.6. The number of pyridine rings is 3. The van der Waals surface area contributed by atoms with Crippen LogP contribution in [0.25, 0.3) is 10.8 Å². The fourth-order valence-corrected chi connectivity index (χ4v) is 6.43. The van der Waals surface area contributed by atoms with Gasteiger partial charge < -0.3 is 20.5 Å². The van der Waals surface area contributed by atoms with Gasteiger partial charge in [-0.1, -0.05) is 13.8 Å². The molecule has 1 aliphatic heterocycles. The minimum Gasteiger partial charge on any atom is -0.474 e. The average Bonchev–Trinajstić information content (AvgIpc) is 3.77. The molecule has 11 heteroatoms. The number of carbonyl (C=O) groups is 1. The summed E-state index contributed by atoms with van der Waals surface area (Å²) >= 11 is 0. The average molecular weight is 582 g/mol. The Hall–Kier alpha value is -3.31. The summed E-state index contributed by atoms with van der Waals surface area (Å²) in [6, 6.07) is 5.21. The largest absolute Gasteiger partial charge is 0.474 e. The van der Waals surface area contributed by atoms with E-state index in [-0.39, 0.29) is 29.8 Å². The minimum absolute atomic E-state index is 0.0903. The Kier molecular flexibility index (Phi) is 7.71. The molecule has 2 aliphatic rings. The normalized spacial score (nSPS) is 20.6. The first kappa shape index (κ1) is 29.2. The molecular weight excluding hydrogens is 542 g/mol. The molecule has 1 saturated carbocycles. The lowest BCUT2D eigenvalue weighted by Gasteiger charge is -2.36. The van der Waals surface area contributed by atoms with Crippen LogP contribution in [0.15, 0.2) is 30.6 Å². The predicted octanol–water partition coefficient (Wildman–Crippen LogP) is 5.21. The number of carbonyl (C=O) groups excluding carboxylic acids is 1. The summed E-state index contributed by atoms with van der Waals surface area (Å²) in [6.07, 6.45) is 5.59. The summed E-state index contributed by atoms with van der Waals surface area (Å²) in [5, 5.41) is 4.33. The Labute approximate surface area is 241 Å². The van der Waals surface area contributed by atoms with Gasteiger partial charge in [-0.05, 0) is 75.6 Å². The maximum absolute atomic E-state index is 12.5. The first-order chi connectivity index (χ1) is 19.3. The van der Waals surface area contributed by atoms with Crippen molar-refractivity contribution in [3.05, 3.63) is 47.4 Å². The quantitative estimate of drug-likeness (QED) is 0.306. The number of hydrogen-bond acceptors (Lipinski definition) is 10. The topological polar surface area (TPSA) is 146 Å². The van der Waals surface area contributed by atoms with Crippen molar-refractivity contribution >= 4 is 38.2 Å². The molecule has 220 valence electrons. The molecule has 3 aromatic heterocycles. The van der Waals surface area contributed by atoms with Crippen LogP contribution in [0.3, 0.4) is 0 Å². The van der Waals surface area contributed by atoms with Crippen molar-refractivity contribution in [1.29, 1.82) is 0 Å². The fraction of sp³-hybridized carbons (Fsp3) is 0.533. The highest BCUT2D eigenvalue weighted by Gasteiger charge is 2.40. The van der Waals surface area contributed by atoms with E-state index in [9.17, 15) is 13.2 Å². The smallest absolute Gasteiger partial charge is 0.340 e. The molecule has 5 rings (SSSR count). The van der Waals surface area contributed by atoms with Gasteiger partial charge in [-0.3, -0.25) is 0 Å². The van der Waals surface area contributed by atoms with Crippen molar-refractivity contribution < 1.29 is 22.7 Å². The first-order valence-electron chi connectivity index (χ1n) is 14.2. The van der Waals surface area contributed by atoms with Gasteiger partial charge in [0.1, 0.15) is 17.2 Å². The molecule has 3 N–H and O–H groups in total. The van der Waals surface area contributed by atoms with E-state index >= 15 is 0 Å². The second-order valence-electron chi connectivity index (χ2n) is 11.9. The number of rotatable bonds is 10. The molecule has 0 aromatic carbocycles. The second kappa shape index (κ2) is 10.8. The zero-order chi connectivity index (χ0) is 29.7. The number of anilines is 2. The molecule has 4 heterocycles. The van der Waals surface area contributed by atoms with Crippen LogP contribution < -0.4 is 15.8 Å². The van der Waals surface area contributed by atoms with Gasteiger partial charge >= 0.3 is 5.97 Å². The van der Waals surface area contributed by atoms with Gasteiger partial charge in [0.25, 0.3) is 0 Å². The van der Waals surface area contributed by atoms with E-state index in [1.165, 1.54) is 0 Å². The summed E-state index contributed by atoms with van der Waals surface area (Å²) in [5.74, 6) is 1.55. The molecule has 41 heavy (non-hydrogen) atoms. The van der Waals surface area contributed by atoms with Gasteiger partial charge in [-0.2, -0.15) is 0 Å². The number of ether oxygens (including phenoxy) is 2. The molecule has 0 bridgehead atoms. The molecule has 3 aromatic rings. The van der Waals surface area contributed by atoms with Crippen LogP contribution in [0.5, 0.6) is 5.88 Å². The summed E-state index contributed by atoms with van der Waals surface area (Å²) in [7, 11) is -3.17. The van der Waals surface area contributed by atoms with Gasteiger partial charge in [0.05, 0.1) is 28.0 Å². The number of nitrogens with two attached hydrogens (primary N) is 1. The van der Waals surface area contributed by atoms with Gasteiger partial charge in [0.15, 0.2) is 9.84 Å². The molecule has 4 atom stereocenters. The van der Waals surface area contributed by atoms with Crippen LogP contribution in [-0.2, 0) is 14.6 Å².